The molecule has 0 saturated carbocycles. The Balaban J connectivity index is 2.26. The summed E-state index contributed by atoms with van der Waals surface area (Å²) >= 11 is 0. The van der Waals surface area contributed by atoms with E-state index >= 15 is 0 Å². The third-order valence-corrected chi connectivity index (χ3v) is 5.28. The molecule has 0 aliphatic heterocycles. The lowest BCUT2D eigenvalue weighted by molar-refractivity contribution is -0.140. The molecule has 156 valence electrons. The fourth-order valence-corrected chi connectivity index (χ4v) is 3.09. The van der Waals surface area contributed by atoms with Crippen molar-refractivity contribution in [3.8, 4) is 0 Å². The summed E-state index contributed by atoms with van der Waals surface area (Å²) in [6.07, 6.45) is 1.03. The number of aryl methyl sites for hydroxylation is 2. The van der Waals surface area contributed by atoms with Crippen LogP contribution in [0.4, 0.5) is 4.39 Å². The van der Waals surface area contributed by atoms with Gasteiger partial charge in [-0.3, -0.25) is 9.59 Å². The van der Waals surface area contributed by atoms with Crippen LogP contribution < -0.4 is 5.32 Å². The number of halogens is 1. The van der Waals surface area contributed by atoms with E-state index in [1.807, 2.05) is 45.9 Å². The average molecular weight is 399 g/mol. The molecular formula is C24H31FN2O2. The minimum Gasteiger partial charge on any atom is -0.352 e. The van der Waals surface area contributed by atoms with Crippen LogP contribution in [0.25, 0.3) is 0 Å². The number of carbonyl (C=O) groups excluding carboxylic acids is 2. The normalized spacial score (nSPS) is 12.9. The predicted octanol–water partition coefficient (Wildman–Crippen LogP) is 4.32. The van der Waals surface area contributed by atoms with Gasteiger partial charge in [0.25, 0.3) is 0 Å². The molecule has 0 saturated heterocycles. The van der Waals surface area contributed by atoms with Gasteiger partial charge in [0.15, 0.2) is 0 Å². The van der Waals surface area contributed by atoms with Crippen molar-refractivity contribution >= 4 is 11.8 Å². The first-order valence-corrected chi connectivity index (χ1v) is 10.1. The number of rotatable bonds is 8. The van der Waals surface area contributed by atoms with E-state index in [1.54, 1.807) is 24.0 Å². The monoisotopic (exact) mass is 398 g/mol. The van der Waals surface area contributed by atoms with Crippen molar-refractivity contribution < 1.29 is 14.0 Å². The fraction of sp³-hybridized carbons (Fsp3) is 0.417. The minimum atomic E-state index is -0.633. The molecule has 0 unspecified atom stereocenters. The van der Waals surface area contributed by atoms with Gasteiger partial charge >= 0.3 is 0 Å². The van der Waals surface area contributed by atoms with Gasteiger partial charge in [-0.1, -0.05) is 42.8 Å². The van der Waals surface area contributed by atoms with Gasteiger partial charge in [0.05, 0.1) is 6.42 Å². The average Bonchev–Trinajstić information content (AvgIpc) is 2.69. The molecule has 0 spiro atoms. The van der Waals surface area contributed by atoms with E-state index in [0.717, 1.165) is 28.7 Å². The van der Waals surface area contributed by atoms with Crippen molar-refractivity contribution in [2.75, 3.05) is 0 Å². The van der Waals surface area contributed by atoms with Gasteiger partial charge < -0.3 is 10.2 Å². The number of benzene rings is 2. The summed E-state index contributed by atoms with van der Waals surface area (Å²) in [4.78, 5) is 27.5. The minimum absolute atomic E-state index is 0.0340. The first-order chi connectivity index (χ1) is 13.7. The van der Waals surface area contributed by atoms with Crippen LogP contribution in [-0.4, -0.2) is 28.8 Å². The van der Waals surface area contributed by atoms with Crippen molar-refractivity contribution in [2.45, 2.75) is 66.1 Å². The van der Waals surface area contributed by atoms with Crippen LogP contribution in [0.1, 0.15) is 49.4 Å². The highest BCUT2D eigenvalue weighted by atomic mass is 19.1. The molecule has 1 N–H and O–H groups in total. The Labute approximate surface area is 173 Å². The lowest BCUT2D eigenvalue weighted by atomic mass is 10.0. The number of hydrogen-bond acceptors (Lipinski definition) is 2. The molecule has 2 rings (SSSR count). The number of amides is 2. The molecule has 0 bridgehead atoms. The molecule has 5 heteroatoms. The molecule has 2 amide bonds. The summed E-state index contributed by atoms with van der Waals surface area (Å²) in [7, 11) is 0. The quantitative estimate of drug-likeness (QED) is 0.720. The third-order valence-electron chi connectivity index (χ3n) is 5.28. The molecule has 2 aromatic carbocycles. The maximum Gasteiger partial charge on any atom is 0.242 e. The third kappa shape index (κ3) is 6.41. The van der Waals surface area contributed by atoms with E-state index in [0.29, 0.717) is 0 Å². The van der Waals surface area contributed by atoms with Gasteiger partial charge in [0, 0.05) is 12.6 Å². The smallest absolute Gasteiger partial charge is 0.242 e. The standard InChI is InChI=1S/C24H31FN2O2/c1-6-18(4)26-24(29)19(5)27(15-20-9-11-22(25)12-10-20)23(28)14-21-13-16(2)7-8-17(21)3/h7-13,18-19H,6,14-15H2,1-5H3,(H,26,29)/t18-,19-/m0/s1. The van der Waals surface area contributed by atoms with Crippen LogP contribution in [0.2, 0.25) is 0 Å². The summed E-state index contributed by atoms with van der Waals surface area (Å²) in [6, 6.07) is 11.5. The Morgan fingerprint density at radius 3 is 2.34 bits per heavy atom. The lowest BCUT2D eigenvalue weighted by Crippen LogP contribution is -2.49. The van der Waals surface area contributed by atoms with E-state index in [4.69, 9.17) is 0 Å². The molecule has 2 aromatic rings. The number of hydrogen-bond donors (Lipinski definition) is 1. The number of nitrogens with zero attached hydrogens (tertiary/aromatic N) is 1. The molecule has 0 aromatic heterocycles. The van der Waals surface area contributed by atoms with E-state index in [2.05, 4.69) is 5.32 Å². The van der Waals surface area contributed by atoms with E-state index in [-0.39, 0.29) is 36.6 Å². The van der Waals surface area contributed by atoms with Crippen molar-refractivity contribution in [3.63, 3.8) is 0 Å². The van der Waals surface area contributed by atoms with Crippen molar-refractivity contribution in [2.24, 2.45) is 0 Å². The second-order valence-electron chi connectivity index (χ2n) is 7.75. The number of carbonyl (C=O) groups is 2. The molecular weight excluding hydrogens is 367 g/mol. The Kier molecular flexibility index (Phi) is 7.94. The van der Waals surface area contributed by atoms with E-state index in [9.17, 15) is 14.0 Å². The van der Waals surface area contributed by atoms with Crippen LogP contribution in [-0.2, 0) is 22.6 Å². The first-order valence-electron chi connectivity index (χ1n) is 10.1. The van der Waals surface area contributed by atoms with Crippen LogP contribution in [0.15, 0.2) is 42.5 Å². The zero-order valence-corrected chi connectivity index (χ0v) is 18.0. The fourth-order valence-electron chi connectivity index (χ4n) is 3.09. The Morgan fingerprint density at radius 2 is 1.72 bits per heavy atom. The van der Waals surface area contributed by atoms with Gasteiger partial charge in [-0.25, -0.2) is 4.39 Å². The zero-order chi connectivity index (χ0) is 21.6. The SMILES string of the molecule is CC[C@H](C)NC(=O)[C@H](C)N(Cc1ccc(F)cc1)C(=O)Cc1cc(C)ccc1C. The van der Waals surface area contributed by atoms with Gasteiger partial charge in [-0.2, -0.15) is 0 Å². The maximum absolute atomic E-state index is 13.3. The van der Waals surface area contributed by atoms with E-state index < -0.39 is 6.04 Å². The molecule has 0 radical (unpaired) electrons. The largest absolute Gasteiger partial charge is 0.352 e. The summed E-state index contributed by atoms with van der Waals surface area (Å²) in [5.74, 6) is -0.643. The van der Waals surface area contributed by atoms with Crippen LogP contribution >= 0.6 is 0 Å². The second kappa shape index (κ2) is 10.2. The molecule has 0 heterocycles. The Hall–Kier alpha value is -2.69. The maximum atomic E-state index is 13.3. The molecule has 2 atom stereocenters. The molecule has 4 nitrogen and oxygen atoms in total. The topological polar surface area (TPSA) is 49.4 Å². The summed E-state index contributed by atoms with van der Waals surface area (Å²) in [5.41, 5.74) is 3.87. The Morgan fingerprint density at radius 1 is 1.07 bits per heavy atom. The highest BCUT2D eigenvalue weighted by Gasteiger charge is 2.27. The highest BCUT2D eigenvalue weighted by molar-refractivity contribution is 5.88. The van der Waals surface area contributed by atoms with Gasteiger partial charge in [0.1, 0.15) is 11.9 Å². The molecule has 29 heavy (non-hydrogen) atoms. The van der Waals surface area contributed by atoms with E-state index in [1.165, 1.54) is 12.1 Å². The Bertz CT molecular complexity index is 848. The zero-order valence-electron chi connectivity index (χ0n) is 18.0. The van der Waals surface area contributed by atoms with Crippen molar-refractivity contribution in [3.05, 3.63) is 70.5 Å². The van der Waals surface area contributed by atoms with Crippen molar-refractivity contribution in [1.82, 2.24) is 10.2 Å². The molecule has 0 aliphatic carbocycles. The van der Waals surface area contributed by atoms with Gasteiger partial charge in [-0.05, 0) is 62.9 Å². The van der Waals surface area contributed by atoms with Crippen LogP contribution in [0.5, 0.6) is 0 Å². The molecule has 0 aliphatic rings. The van der Waals surface area contributed by atoms with Gasteiger partial charge in [-0.15, -0.1) is 0 Å². The first kappa shape index (κ1) is 22.6. The van der Waals surface area contributed by atoms with Crippen LogP contribution in [0.3, 0.4) is 0 Å². The van der Waals surface area contributed by atoms with Crippen molar-refractivity contribution in [1.29, 1.82) is 0 Å². The molecule has 0 fully saturated rings. The summed E-state index contributed by atoms with van der Waals surface area (Å²) < 4.78 is 13.3. The number of nitrogens with one attached hydrogen (secondary N) is 1. The second-order valence-corrected chi connectivity index (χ2v) is 7.75. The lowest BCUT2D eigenvalue weighted by Gasteiger charge is -2.30. The highest BCUT2D eigenvalue weighted by Crippen LogP contribution is 2.16. The van der Waals surface area contributed by atoms with Crippen LogP contribution in [0, 0.1) is 19.7 Å². The summed E-state index contributed by atoms with van der Waals surface area (Å²) in [5, 5.41) is 2.95. The summed E-state index contributed by atoms with van der Waals surface area (Å²) in [6.45, 7) is 9.89. The van der Waals surface area contributed by atoms with Gasteiger partial charge in [0.2, 0.25) is 11.8 Å². The predicted molar refractivity (Wildman–Crippen MR) is 114 cm³/mol.